The minimum atomic E-state index is -0.403. The van der Waals surface area contributed by atoms with Crippen LogP contribution in [0.3, 0.4) is 0 Å². The van der Waals surface area contributed by atoms with Crippen molar-refractivity contribution in [2.45, 2.75) is 6.54 Å². The molecule has 2 aromatic carbocycles. The Morgan fingerprint density at radius 2 is 2.04 bits per heavy atom. The number of para-hydroxylation sites is 1. The zero-order chi connectivity index (χ0) is 17.8. The number of methoxy groups -OCH3 is 1. The number of nitrogens with zero attached hydrogens (tertiary/aromatic N) is 3. The third kappa shape index (κ3) is 3.62. The number of amides is 1. The maximum atomic E-state index is 13.5. The van der Waals surface area contributed by atoms with E-state index in [1.165, 1.54) is 13.2 Å². The molecule has 0 aliphatic carbocycles. The predicted molar refractivity (Wildman–Crippen MR) is 91.7 cm³/mol. The van der Waals surface area contributed by atoms with Crippen LogP contribution in [0.25, 0.3) is 0 Å². The first-order valence-electron chi connectivity index (χ1n) is 7.96. The Morgan fingerprint density at radius 3 is 2.76 bits per heavy atom. The zero-order valence-electron chi connectivity index (χ0n) is 13.9. The van der Waals surface area contributed by atoms with Crippen molar-refractivity contribution in [3.05, 3.63) is 59.4 Å². The molecule has 1 saturated heterocycles. The van der Waals surface area contributed by atoms with E-state index in [4.69, 9.17) is 4.74 Å². The van der Waals surface area contributed by atoms with E-state index < -0.39 is 5.82 Å². The molecule has 1 amide bonds. The maximum absolute atomic E-state index is 13.5. The summed E-state index contributed by atoms with van der Waals surface area (Å²) in [5, 5.41) is 9.21. The predicted octanol–water partition coefficient (Wildman–Crippen LogP) is 2.55. The van der Waals surface area contributed by atoms with Gasteiger partial charge < -0.3 is 9.64 Å². The number of ether oxygens (including phenoxy) is 1. The van der Waals surface area contributed by atoms with E-state index in [1.807, 2.05) is 11.0 Å². The number of piperazine rings is 1. The first-order chi connectivity index (χ1) is 12.1. The summed E-state index contributed by atoms with van der Waals surface area (Å²) in [7, 11) is 1.43. The van der Waals surface area contributed by atoms with E-state index >= 15 is 0 Å². The number of hydrogen-bond donors (Lipinski definition) is 0. The quantitative estimate of drug-likeness (QED) is 0.859. The molecular formula is C19H18FN3O2. The summed E-state index contributed by atoms with van der Waals surface area (Å²) in [5.41, 5.74) is 2.03. The molecule has 1 fully saturated rings. The van der Waals surface area contributed by atoms with Crippen molar-refractivity contribution in [3.8, 4) is 11.8 Å². The van der Waals surface area contributed by atoms with Gasteiger partial charge >= 0.3 is 0 Å². The molecule has 0 radical (unpaired) electrons. The highest BCUT2D eigenvalue weighted by Gasteiger charge is 2.26. The highest BCUT2D eigenvalue weighted by molar-refractivity contribution is 5.96. The third-order valence-electron chi connectivity index (χ3n) is 4.24. The van der Waals surface area contributed by atoms with Gasteiger partial charge in [-0.15, -0.1) is 0 Å². The van der Waals surface area contributed by atoms with Crippen molar-refractivity contribution >= 4 is 11.6 Å². The SMILES string of the molecule is COc1cc(CN2CCN(c3ccccc3C#N)C(=O)C2)ccc1F. The van der Waals surface area contributed by atoms with E-state index in [0.29, 0.717) is 30.9 Å². The van der Waals surface area contributed by atoms with Crippen molar-refractivity contribution in [2.75, 3.05) is 31.6 Å². The molecule has 5 nitrogen and oxygen atoms in total. The van der Waals surface area contributed by atoms with Gasteiger partial charge in [-0.05, 0) is 29.8 Å². The number of benzene rings is 2. The summed E-state index contributed by atoms with van der Waals surface area (Å²) in [4.78, 5) is 16.2. The van der Waals surface area contributed by atoms with Crippen molar-refractivity contribution in [2.24, 2.45) is 0 Å². The van der Waals surface area contributed by atoms with E-state index in [-0.39, 0.29) is 18.2 Å². The molecule has 6 heteroatoms. The van der Waals surface area contributed by atoms with Crippen LogP contribution in [0.4, 0.5) is 10.1 Å². The van der Waals surface area contributed by atoms with Gasteiger partial charge in [0.2, 0.25) is 5.91 Å². The van der Waals surface area contributed by atoms with Crippen LogP contribution >= 0.6 is 0 Å². The van der Waals surface area contributed by atoms with Crippen LogP contribution in [-0.2, 0) is 11.3 Å². The minimum Gasteiger partial charge on any atom is -0.494 e. The molecule has 25 heavy (non-hydrogen) atoms. The first kappa shape index (κ1) is 16.9. The topological polar surface area (TPSA) is 56.6 Å². The van der Waals surface area contributed by atoms with Crippen LogP contribution in [0.1, 0.15) is 11.1 Å². The standard InChI is InChI=1S/C19H18FN3O2/c1-25-18-10-14(6-7-16(18)20)12-22-8-9-23(19(24)13-22)17-5-3-2-4-15(17)11-21/h2-7,10H,8-9,12-13H2,1H3. The lowest BCUT2D eigenvalue weighted by Crippen LogP contribution is -2.50. The van der Waals surface area contributed by atoms with Gasteiger partial charge in [0.05, 0.1) is 24.9 Å². The molecule has 0 atom stereocenters. The lowest BCUT2D eigenvalue weighted by Gasteiger charge is -2.34. The average molecular weight is 339 g/mol. The summed E-state index contributed by atoms with van der Waals surface area (Å²) in [6.07, 6.45) is 0. The largest absolute Gasteiger partial charge is 0.494 e. The lowest BCUT2D eigenvalue weighted by atomic mass is 10.1. The number of hydrogen-bond acceptors (Lipinski definition) is 4. The lowest BCUT2D eigenvalue weighted by molar-refractivity contribution is -0.121. The summed E-state index contributed by atoms with van der Waals surface area (Å²) in [6, 6.07) is 13.9. The Balaban J connectivity index is 1.70. The molecule has 0 unspecified atom stereocenters. The molecule has 1 aliphatic heterocycles. The summed E-state index contributed by atoms with van der Waals surface area (Å²) < 4.78 is 18.5. The third-order valence-corrected chi connectivity index (χ3v) is 4.24. The molecule has 128 valence electrons. The number of anilines is 1. The van der Waals surface area contributed by atoms with Crippen molar-refractivity contribution in [3.63, 3.8) is 0 Å². The minimum absolute atomic E-state index is 0.0528. The fourth-order valence-electron chi connectivity index (χ4n) is 2.98. The fraction of sp³-hybridized carbons (Fsp3) is 0.263. The average Bonchev–Trinajstić information content (AvgIpc) is 2.63. The molecule has 0 saturated carbocycles. The summed E-state index contributed by atoms with van der Waals surface area (Å²) in [5.74, 6) is -0.256. The number of nitriles is 1. The van der Waals surface area contributed by atoms with Gasteiger partial charge in [-0.25, -0.2) is 4.39 Å². The summed E-state index contributed by atoms with van der Waals surface area (Å²) in [6.45, 7) is 1.97. The van der Waals surface area contributed by atoms with E-state index in [9.17, 15) is 14.4 Å². The van der Waals surface area contributed by atoms with Gasteiger partial charge in [-0.2, -0.15) is 5.26 Å². The second kappa shape index (κ2) is 7.32. The van der Waals surface area contributed by atoms with Crippen LogP contribution in [0.2, 0.25) is 0 Å². The van der Waals surface area contributed by atoms with Crippen molar-refractivity contribution in [1.82, 2.24) is 4.90 Å². The normalized spacial score (nSPS) is 15.1. The molecule has 1 heterocycles. The fourth-order valence-corrected chi connectivity index (χ4v) is 2.98. The summed E-state index contributed by atoms with van der Waals surface area (Å²) >= 11 is 0. The Bertz CT molecular complexity index is 832. The molecule has 1 aliphatic rings. The first-order valence-corrected chi connectivity index (χ1v) is 7.96. The van der Waals surface area contributed by atoms with Gasteiger partial charge in [0, 0.05) is 19.6 Å². The van der Waals surface area contributed by atoms with Crippen molar-refractivity contribution < 1.29 is 13.9 Å². The van der Waals surface area contributed by atoms with E-state index in [2.05, 4.69) is 6.07 Å². The molecule has 2 aromatic rings. The molecule has 0 aromatic heterocycles. The van der Waals surface area contributed by atoms with Crippen molar-refractivity contribution in [1.29, 1.82) is 5.26 Å². The van der Waals surface area contributed by atoms with Crippen LogP contribution < -0.4 is 9.64 Å². The number of rotatable bonds is 4. The van der Waals surface area contributed by atoms with Crippen LogP contribution in [0.5, 0.6) is 5.75 Å². The monoisotopic (exact) mass is 339 g/mol. The van der Waals surface area contributed by atoms with Crippen LogP contribution in [0.15, 0.2) is 42.5 Å². The van der Waals surface area contributed by atoms with Gasteiger partial charge in [0.15, 0.2) is 11.6 Å². The highest BCUT2D eigenvalue weighted by Crippen LogP contribution is 2.23. The Labute approximate surface area is 145 Å². The molecule has 3 rings (SSSR count). The van der Waals surface area contributed by atoms with Crippen LogP contribution in [0, 0.1) is 17.1 Å². The molecule has 0 N–H and O–H groups in total. The Kier molecular flexibility index (Phi) is 4.96. The maximum Gasteiger partial charge on any atom is 0.241 e. The second-order valence-electron chi connectivity index (χ2n) is 5.85. The smallest absolute Gasteiger partial charge is 0.241 e. The number of carbonyl (C=O) groups excluding carboxylic acids is 1. The number of halogens is 1. The van der Waals surface area contributed by atoms with Gasteiger partial charge in [-0.1, -0.05) is 18.2 Å². The van der Waals surface area contributed by atoms with Gasteiger partial charge in [-0.3, -0.25) is 9.69 Å². The Morgan fingerprint density at radius 1 is 1.24 bits per heavy atom. The van der Waals surface area contributed by atoms with E-state index in [1.54, 1.807) is 35.2 Å². The van der Waals surface area contributed by atoms with Gasteiger partial charge in [0.1, 0.15) is 6.07 Å². The van der Waals surface area contributed by atoms with E-state index in [0.717, 1.165) is 5.56 Å². The van der Waals surface area contributed by atoms with Crippen LogP contribution in [-0.4, -0.2) is 37.6 Å². The zero-order valence-corrected chi connectivity index (χ0v) is 13.9. The van der Waals surface area contributed by atoms with Gasteiger partial charge in [0.25, 0.3) is 0 Å². The molecular weight excluding hydrogens is 321 g/mol. The molecule has 0 spiro atoms. The Hall–Kier alpha value is -2.91. The highest BCUT2D eigenvalue weighted by atomic mass is 19.1. The molecule has 0 bridgehead atoms. The number of carbonyl (C=O) groups is 1. The second-order valence-corrected chi connectivity index (χ2v) is 5.85.